The highest BCUT2D eigenvalue weighted by molar-refractivity contribution is 7.99. The number of aromatic nitrogens is 4. The van der Waals surface area contributed by atoms with Gasteiger partial charge in [0.05, 0.1) is 5.75 Å². The molecule has 2 aromatic rings. The van der Waals surface area contributed by atoms with E-state index in [1.165, 1.54) is 11.8 Å². The number of nitrogens with zero attached hydrogens (tertiary/aromatic N) is 4. The molecular weight excluding hydrogens is 286 g/mol. The number of thioether (sulfide) groups is 1. The van der Waals surface area contributed by atoms with Crippen molar-refractivity contribution in [2.24, 2.45) is 7.05 Å². The summed E-state index contributed by atoms with van der Waals surface area (Å²) < 4.78 is 1.87. The van der Waals surface area contributed by atoms with Crippen LogP contribution in [0.2, 0.25) is 0 Å². The van der Waals surface area contributed by atoms with E-state index < -0.39 is 0 Å². The lowest BCUT2D eigenvalue weighted by Gasteiger charge is -2.10. The number of amides is 1. The summed E-state index contributed by atoms with van der Waals surface area (Å²) in [4.78, 5) is 15.9. The Morgan fingerprint density at radius 2 is 2.29 bits per heavy atom. The second kappa shape index (κ2) is 7.21. The summed E-state index contributed by atoms with van der Waals surface area (Å²) in [5, 5.41) is 11.9. The van der Waals surface area contributed by atoms with Crippen molar-refractivity contribution in [3.63, 3.8) is 0 Å². The summed E-state index contributed by atoms with van der Waals surface area (Å²) in [6.07, 6.45) is 4.38. The van der Waals surface area contributed by atoms with Crippen molar-refractivity contribution in [3.05, 3.63) is 24.5 Å². The molecule has 7 heteroatoms. The van der Waals surface area contributed by atoms with Gasteiger partial charge in [-0.2, -0.15) is 0 Å². The van der Waals surface area contributed by atoms with Crippen LogP contribution in [0.1, 0.15) is 20.3 Å². The Bertz CT molecular complexity index is 599. The molecule has 0 fully saturated rings. The number of pyridine rings is 1. The van der Waals surface area contributed by atoms with Gasteiger partial charge >= 0.3 is 0 Å². The first-order chi connectivity index (χ1) is 10.1. The van der Waals surface area contributed by atoms with E-state index >= 15 is 0 Å². The van der Waals surface area contributed by atoms with Gasteiger partial charge in [-0.15, -0.1) is 10.2 Å². The lowest BCUT2D eigenvalue weighted by atomic mass is 10.3. The summed E-state index contributed by atoms with van der Waals surface area (Å²) in [6, 6.07) is 3.99. The molecule has 0 radical (unpaired) electrons. The molecule has 2 aromatic heterocycles. The monoisotopic (exact) mass is 305 g/mol. The van der Waals surface area contributed by atoms with Crippen LogP contribution in [0, 0.1) is 0 Å². The third-order valence-corrected chi connectivity index (χ3v) is 4.13. The van der Waals surface area contributed by atoms with E-state index in [0.717, 1.165) is 17.8 Å². The van der Waals surface area contributed by atoms with E-state index in [4.69, 9.17) is 0 Å². The molecule has 2 heterocycles. The third-order valence-electron chi connectivity index (χ3n) is 3.11. The number of nitrogens with one attached hydrogen (secondary N) is 1. The van der Waals surface area contributed by atoms with Gasteiger partial charge in [-0.25, -0.2) is 0 Å². The fourth-order valence-electron chi connectivity index (χ4n) is 1.74. The van der Waals surface area contributed by atoms with Gasteiger partial charge in [-0.3, -0.25) is 9.78 Å². The Morgan fingerprint density at radius 3 is 2.95 bits per heavy atom. The van der Waals surface area contributed by atoms with Crippen LogP contribution in [0.25, 0.3) is 11.4 Å². The number of hydrogen-bond donors (Lipinski definition) is 1. The molecular formula is C14H19N5OS. The number of rotatable bonds is 6. The highest BCUT2D eigenvalue weighted by atomic mass is 32.2. The SMILES string of the molecule is CCC(C)NC(=O)CSc1nnc(-c2cccnc2)n1C. The van der Waals surface area contributed by atoms with Crippen molar-refractivity contribution in [3.8, 4) is 11.4 Å². The van der Waals surface area contributed by atoms with Crippen LogP contribution in [-0.4, -0.2) is 37.5 Å². The van der Waals surface area contributed by atoms with E-state index in [2.05, 4.69) is 20.5 Å². The van der Waals surface area contributed by atoms with Gasteiger partial charge < -0.3 is 9.88 Å². The lowest BCUT2D eigenvalue weighted by Crippen LogP contribution is -2.33. The summed E-state index contributed by atoms with van der Waals surface area (Å²) in [5.74, 6) is 1.09. The topological polar surface area (TPSA) is 72.7 Å². The first-order valence-electron chi connectivity index (χ1n) is 6.83. The largest absolute Gasteiger partial charge is 0.353 e. The van der Waals surface area contributed by atoms with Crippen LogP contribution >= 0.6 is 11.8 Å². The number of carbonyl (C=O) groups excluding carboxylic acids is 1. The molecule has 1 N–H and O–H groups in total. The van der Waals surface area contributed by atoms with Crippen LogP contribution in [-0.2, 0) is 11.8 Å². The zero-order valence-corrected chi connectivity index (χ0v) is 13.2. The van der Waals surface area contributed by atoms with Crippen LogP contribution in [0.4, 0.5) is 0 Å². The molecule has 0 aliphatic heterocycles. The van der Waals surface area contributed by atoms with Crippen molar-refractivity contribution >= 4 is 17.7 Å². The molecule has 1 amide bonds. The molecule has 2 rings (SSSR count). The first-order valence-corrected chi connectivity index (χ1v) is 7.82. The standard InChI is InChI=1S/C14H19N5OS/c1-4-10(2)16-12(20)9-21-14-18-17-13(19(14)3)11-6-5-7-15-8-11/h5-8,10H,4,9H2,1-3H3,(H,16,20). The molecule has 6 nitrogen and oxygen atoms in total. The molecule has 0 saturated carbocycles. The fourth-order valence-corrected chi connectivity index (χ4v) is 2.46. The molecule has 0 saturated heterocycles. The molecule has 0 aromatic carbocycles. The molecule has 1 unspecified atom stereocenters. The van der Waals surface area contributed by atoms with E-state index in [-0.39, 0.29) is 11.9 Å². The third kappa shape index (κ3) is 4.04. The Labute approximate surface area is 128 Å². The van der Waals surface area contributed by atoms with Crippen molar-refractivity contribution in [2.45, 2.75) is 31.5 Å². The lowest BCUT2D eigenvalue weighted by molar-refractivity contribution is -0.119. The van der Waals surface area contributed by atoms with E-state index in [1.807, 2.05) is 37.6 Å². The maximum atomic E-state index is 11.8. The molecule has 0 aliphatic carbocycles. The van der Waals surface area contributed by atoms with E-state index in [9.17, 15) is 4.79 Å². The van der Waals surface area contributed by atoms with Gasteiger partial charge in [0.25, 0.3) is 0 Å². The summed E-state index contributed by atoms with van der Waals surface area (Å²) in [5.41, 5.74) is 0.906. The summed E-state index contributed by atoms with van der Waals surface area (Å²) in [7, 11) is 1.89. The maximum Gasteiger partial charge on any atom is 0.230 e. The highest BCUT2D eigenvalue weighted by Crippen LogP contribution is 2.21. The minimum atomic E-state index is 0.0141. The summed E-state index contributed by atoms with van der Waals surface area (Å²) >= 11 is 1.38. The predicted molar refractivity (Wildman–Crippen MR) is 82.9 cm³/mol. The zero-order valence-electron chi connectivity index (χ0n) is 12.4. The van der Waals surface area contributed by atoms with E-state index in [1.54, 1.807) is 12.4 Å². The smallest absolute Gasteiger partial charge is 0.230 e. The fraction of sp³-hybridized carbons (Fsp3) is 0.429. The van der Waals surface area contributed by atoms with Gasteiger partial charge in [-0.05, 0) is 25.5 Å². The van der Waals surface area contributed by atoms with Gasteiger partial charge in [0, 0.05) is 31.0 Å². The van der Waals surface area contributed by atoms with E-state index in [0.29, 0.717) is 10.9 Å². The Morgan fingerprint density at radius 1 is 1.48 bits per heavy atom. The second-order valence-electron chi connectivity index (χ2n) is 4.77. The molecule has 112 valence electrons. The zero-order chi connectivity index (χ0) is 15.2. The minimum Gasteiger partial charge on any atom is -0.353 e. The Hall–Kier alpha value is -1.89. The molecule has 0 spiro atoms. The first kappa shape index (κ1) is 15.5. The van der Waals surface area contributed by atoms with Crippen LogP contribution in [0.3, 0.4) is 0 Å². The highest BCUT2D eigenvalue weighted by Gasteiger charge is 2.13. The van der Waals surface area contributed by atoms with Gasteiger partial charge in [0.1, 0.15) is 0 Å². The quantitative estimate of drug-likeness (QED) is 0.825. The van der Waals surface area contributed by atoms with Crippen molar-refractivity contribution in [1.82, 2.24) is 25.1 Å². The molecule has 0 bridgehead atoms. The minimum absolute atomic E-state index is 0.0141. The van der Waals surface area contributed by atoms with Crippen LogP contribution in [0.5, 0.6) is 0 Å². The molecule has 21 heavy (non-hydrogen) atoms. The van der Waals surface area contributed by atoms with Crippen molar-refractivity contribution < 1.29 is 4.79 Å². The summed E-state index contributed by atoms with van der Waals surface area (Å²) in [6.45, 7) is 4.03. The molecule has 0 aliphatic rings. The van der Waals surface area contributed by atoms with Gasteiger partial charge in [-0.1, -0.05) is 18.7 Å². The van der Waals surface area contributed by atoms with Crippen molar-refractivity contribution in [1.29, 1.82) is 0 Å². The van der Waals surface area contributed by atoms with Crippen LogP contribution in [0.15, 0.2) is 29.7 Å². The average Bonchev–Trinajstić information content (AvgIpc) is 2.87. The predicted octanol–water partition coefficient (Wildman–Crippen LogP) is 1.88. The normalized spacial score (nSPS) is 12.1. The number of hydrogen-bond acceptors (Lipinski definition) is 5. The van der Waals surface area contributed by atoms with Gasteiger partial charge in [0.15, 0.2) is 11.0 Å². The average molecular weight is 305 g/mol. The molecule has 1 atom stereocenters. The Kier molecular flexibility index (Phi) is 5.32. The maximum absolute atomic E-state index is 11.8. The number of carbonyl (C=O) groups is 1. The second-order valence-corrected chi connectivity index (χ2v) is 5.71. The van der Waals surface area contributed by atoms with Crippen LogP contribution < -0.4 is 5.32 Å². The van der Waals surface area contributed by atoms with Crippen molar-refractivity contribution in [2.75, 3.05) is 5.75 Å². The Balaban J connectivity index is 2.00. The van der Waals surface area contributed by atoms with Gasteiger partial charge in [0.2, 0.25) is 5.91 Å².